The maximum atomic E-state index is 12.6. The van der Waals surface area contributed by atoms with E-state index in [0.717, 1.165) is 18.7 Å². The second-order valence-corrected chi connectivity index (χ2v) is 6.65. The zero-order valence-electron chi connectivity index (χ0n) is 13.2. The molecule has 1 aromatic carbocycles. The average molecular weight is 289 g/mol. The van der Waals surface area contributed by atoms with Crippen molar-refractivity contribution < 1.29 is 14.6 Å². The number of carbonyl (C=O) groups excluding carboxylic acids is 1. The first-order valence-electron chi connectivity index (χ1n) is 8.20. The minimum absolute atomic E-state index is 0.297. The zero-order chi connectivity index (χ0) is 14.8. The number of rotatable bonds is 3. The summed E-state index contributed by atoms with van der Waals surface area (Å²) in [6.07, 6.45) is 1.67. The van der Waals surface area contributed by atoms with Gasteiger partial charge in [0.15, 0.2) is 0 Å². The van der Waals surface area contributed by atoms with E-state index in [4.69, 9.17) is 0 Å². The van der Waals surface area contributed by atoms with Crippen LogP contribution < -0.4 is 14.7 Å². The first-order chi connectivity index (χ1) is 10.1. The second-order valence-electron chi connectivity index (χ2n) is 6.65. The molecule has 0 radical (unpaired) electrons. The van der Waals surface area contributed by atoms with E-state index in [1.54, 1.807) is 9.80 Å². The van der Waals surface area contributed by atoms with Gasteiger partial charge in [-0.2, -0.15) is 0 Å². The zero-order valence-corrected chi connectivity index (χ0v) is 13.2. The van der Waals surface area contributed by atoms with Crippen LogP contribution in [-0.4, -0.2) is 51.7 Å². The van der Waals surface area contributed by atoms with Gasteiger partial charge in [-0.1, -0.05) is 18.2 Å². The molecule has 2 N–H and O–H groups in total. The van der Waals surface area contributed by atoms with E-state index in [-0.39, 0.29) is 0 Å². The fraction of sp³-hybridized carbons (Fsp3) is 0.588. The fourth-order valence-electron chi connectivity index (χ4n) is 3.63. The standard InChI is InChI=1S/C17H25N3O/c1-14-13-15-5-3-4-6-16(15)20(14)17(21)7-8-19-11-9-18(2)10-12-19/h3-6,14H,7-13H2,1-2H3/p+2/t14-/m1/s1. The lowest BCUT2D eigenvalue weighted by molar-refractivity contribution is -1.00. The highest BCUT2D eigenvalue weighted by atomic mass is 16.2. The molecule has 3 rings (SSSR count). The second kappa shape index (κ2) is 6.16. The van der Waals surface area contributed by atoms with Gasteiger partial charge in [0, 0.05) is 11.7 Å². The van der Waals surface area contributed by atoms with E-state index in [1.807, 2.05) is 11.0 Å². The van der Waals surface area contributed by atoms with Gasteiger partial charge in [0.05, 0.1) is 20.0 Å². The lowest BCUT2D eigenvalue weighted by Crippen LogP contribution is -3.27. The number of anilines is 1. The van der Waals surface area contributed by atoms with Gasteiger partial charge in [-0.05, 0) is 25.0 Å². The molecule has 4 heteroatoms. The van der Waals surface area contributed by atoms with Gasteiger partial charge in [-0.3, -0.25) is 4.79 Å². The molecule has 4 nitrogen and oxygen atoms in total. The summed E-state index contributed by atoms with van der Waals surface area (Å²) in [5, 5.41) is 0. The Bertz CT molecular complexity index is 509. The maximum absolute atomic E-state index is 12.6. The molecule has 1 atom stereocenters. The number of carbonyl (C=O) groups is 1. The maximum Gasteiger partial charge on any atom is 0.232 e. The van der Waals surface area contributed by atoms with Crippen molar-refractivity contribution in [3.63, 3.8) is 0 Å². The number of amides is 1. The Kier molecular flexibility index (Phi) is 4.27. The van der Waals surface area contributed by atoms with E-state index in [2.05, 4.69) is 32.2 Å². The van der Waals surface area contributed by atoms with Crippen LogP contribution in [0.5, 0.6) is 0 Å². The van der Waals surface area contributed by atoms with Gasteiger partial charge in [-0.25, -0.2) is 0 Å². The van der Waals surface area contributed by atoms with Crippen LogP contribution in [-0.2, 0) is 11.2 Å². The van der Waals surface area contributed by atoms with Gasteiger partial charge in [0.2, 0.25) is 5.91 Å². The van der Waals surface area contributed by atoms with E-state index in [1.165, 1.54) is 31.7 Å². The van der Waals surface area contributed by atoms with Crippen LogP contribution in [0.3, 0.4) is 0 Å². The highest BCUT2D eigenvalue weighted by molar-refractivity contribution is 5.96. The molecular weight excluding hydrogens is 262 g/mol. The number of quaternary nitrogens is 2. The Hall–Kier alpha value is -1.39. The van der Waals surface area contributed by atoms with Gasteiger partial charge in [0.1, 0.15) is 26.2 Å². The first kappa shape index (κ1) is 14.5. The minimum Gasteiger partial charge on any atom is -0.328 e. The largest absolute Gasteiger partial charge is 0.328 e. The van der Waals surface area contributed by atoms with Crippen LogP contribution in [0, 0.1) is 0 Å². The van der Waals surface area contributed by atoms with Crippen molar-refractivity contribution in [2.75, 3.05) is 44.7 Å². The first-order valence-corrected chi connectivity index (χ1v) is 8.20. The Morgan fingerprint density at radius 2 is 1.95 bits per heavy atom. The molecule has 0 spiro atoms. The number of fused-ring (bicyclic) bond motifs is 1. The number of hydrogen-bond acceptors (Lipinski definition) is 1. The molecule has 1 fully saturated rings. The number of hydrogen-bond donors (Lipinski definition) is 2. The summed E-state index contributed by atoms with van der Waals surface area (Å²) in [6.45, 7) is 8.00. The van der Waals surface area contributed by atoms with Gasteiger partial charge >= 0.3 is 0 Å². The van der Waals surface area contributed by atoms with Crippen LogP contribution in [0.4, 0.5) is 5.69 Å². The smallest absolute Gasteiger partial charge is 0.232 e. The van der Waals surface area contributed by atoms with Crippen molar-refractivity contribution in [1.29, 1.82) is 0 Å². The average Bonchev–Trinajstić information content (AvgIpc) is 2.82. The van der Waals surface area contributed by atoms with Crippen molar-refractivity contribution >= 4 is 11.6 Å². The van der Waals surface area contributed by atoms with Gasteiger partial charge < -0.3 is 14.7 Å². The molecule has 0 aliphatic carbocycles. The van der Waals surface area contributed by atoms with Crippen molar-refractivity contribution in [1.82, 2.24) is 0 Å². The lowest BCUT2D eigenvalue weighted by atomic mass is 10.1. The topological polar surface area (TPSA) is 29.2 Å². The van der Waals surface area contributed by atoms with E-state index in [0.29, 0.717) is 18.4 Å². The minimum atomic E-state index is 0.297. The predicted octanol–water partition coefficient (Wildman–Crippen LogP) is -1.23. The molecule has 2 aliphatic rings. The Labute approximate surface area is 127 Å². The third-order valence-corrected chi connectivity index (χ3v) is 4.98. The summed E-state index contributed by atoms with van der Waals surface area (Å²) >= 11 is 0. The van der Waals surface area contributed by atoms with Crippen LogP contribution in [0.1, 0.15) is 18.9 Å². The third kappa shape index (κ3) is 3.11. The highest BCUT2D eigenvalue weighted by Gasteiger charge is 2.31. The summed E-state index contributed by atoms with van der Waals surface area (Å²) in [7, 11) is 2.25. The Morgan fingerprint density at radius 3 is 2.71 bits per heavy atom. The van der Waals surface area contributed by atoms with E-state index < -0.39 is 0 Å². The molecule has 0 saturated carbocycles. The van der Waals surface area contributed by atoms with Crippen molar-refractivity contribution in [2.45, 2.75) is 25.8 Å². The molecule has 0 aromatic heterocycles. The molecule has 0 unspecified atom stereocenters. The fourth-order valence-corrected chi connectivity index (χ4v) is 3.63. The molecule has 2 aliphatic heterocycles. The van der Waals surface area contributed by atoms with Crippen LogP contribution in [0.2, 0.25) is 0 Å². The summed E-state index contributed by atoms with van der Waals surface area (Å²) < 4.78 is 0. The number of para-hydroxylation sites is 1. The Balaban J connectivity index is 1.58. The number of nitrogens with zero attached hydrogens (tertiary/aromatic N) is 1. The normalized spacial score (nSPS) is 28.5. The predicted molar refractivity (Wildman–Crippen MR) is 83.9 cm³/mol. The molecule has 0 bridgehead atoms. The molecule has 1 aromatic rings. The molecule has 2 heterocycles. The monoisotopic (exact) mass is 289 g/mol. The lowest BCUT2D eigenvalue weighted by Gasteiger charge is -2.28. The summed E-state index contributed by atoms with van der Waals surface area (Å²) in [5.74, 6) is 0.297. The summed E-state index contributed by atoms with van der Waals surface area (Å²) in [5.41, 5.74) is 2.45. The van der Waals surface area contributed by atoms with E-state index >= 15 is 0 Å². The van der Waals surface area contributed by atoms with Gasteiger partial charge in [0.25, 0.3) is 0 Å². The van der Waals surface area contributed by atoms with Gasteiger partial charge in [-0.15, -0.1) is 0 Å². The molecule has 21 heavy (non-hydrogen) atoms. The molecule has 114 valence electrons. The van der Waals surface area contributed by atoms with Crippen LogP contribution in [0.25, 0.3) is 0 Å². The quantitative estimate of drug-likeness (QED) is 0.717. The van der Waals surface area contributed by atoms with Crippen molar-refractivity contribution in [3.05, 3.63) is 29.8 Å². The molecule has 1 amide bonds. The number of benzene rings is 1. The third-order valence-electron chi connectivity index (χ3n) is 4.98. The summed E-state index contributed by atoms with van der Waals surface area (Å²) in [6, 6.07) is 8.64. The Morgan fingerprint density at radius 1 is 1.24 bits per heavy atom. The molecular formula is C17H27N3O+2. The van der Waals surface area contributed by atoms with Crippen molar-refractivity contribution in [3.8, 4) is 0 Å². The number of likely N-dealkylation sites (N-methyl/N-ethyl adjacent to an activating group) is 1. The van der Waals surface area contributed by atoms with E-state index in [9.17, 15) is 4.79 Å². The van der Waals surface area contributed by atoms with Crippen LogP contribution in [0.15, 0.2) is 24.3 Å². The summed E-state index contributed by atoms with van der Waals surface area (Å²) in [4.78, 5) is 17.9. The van der Waals surface area contributed by atoms with Crippen LogP contribution >= 0.6 is 0 Å². The SMILES string of the molecule is C[C@@H]1Cc2ccccc2N1C(=O)CC[NH+]1CC[NH+](C)CC1. The van der Waals surface area contributed by atoms with Crippen molar-refractivity contribution in [2.24, 2.45) is 0 Å². The number of piperazine rings is 1. The highest BCUT2D eigenvalue weighted by Crippen LogP contribution is 2.31. The number of nitrogens with one attached hydrogen (secondary N) is 2. The molecule has 1 saturated heterocycles.